The van der Waals surface area contributed by atoms with Gasteiger partial charge in [0.1, 0.15) is 12.6 Å². The third-order valence-corrected chi connectivity index (χ3v) is 8.09. The van der Waals surface area contributed by atoms with E-state index in [9.17, 15) is 19.5 Å². The summed E-state index contributed by atoms with van der Waals surface area (Å²) in [6, 6.07) is 15.0. The van der Waals surface area contributed by atoms with Gasteiger partial charge in [0, 0.05) is 16.3 Å². The van der Waals surface area contributed by atoms with Crippen LogP contribution in [-0.4, -0.2) is 63.3 Å². The first-order chi connectivity index (χ1) is 18.1. The third kappa shape index (κ3) is 7.75. The van der Waals surface area contributed by atoms with Crippen LogP contribution in [-0.2, 0) is 27.3 Å². The van der Waals surface area contributed by atoms with Gasteiger partial charge in [0.2, 0.25) is 5.91 Å². The summed E-state index contributed by atoms with van der Waals surface area (Å²) in [5, 5.41) is 17.2. The zero-order valence-corrected chi connectivity index (χ0v) is 23.1. The fourth-order valence-electron chi connectivity index (χ4n) is 4.28. The van der Waals surface area contributed by atoms with E-state index < -0.39 is 34.9 Å². The van der Waals surface area contributed by atoms with Crippen molar-refractivity contribution in [1.82, 2.24) is 15.5 Å². The lowest BCUT2D eigenvalue weighted by molar-refractivity contribution is -0.147. The van der Waals surface area contributed by atoms with Gasteiger partial charge in [-0.05, 0) is 43.9 Å². The molecule has 1 heterocycles. The molecule has 0 aliphatic carbocycles. The number of amides is 3. The number of rotatable bonds is 11. The zero-order chi connectivity index (χ0) is 27.7. The van der Waals surface area contributed by atoms with E-state index in [1.54, 1.807) is 6.07 Å². The highest BCUT2D eigenvalue weighted by Gasteiger charge is 2.49. The number of hydrogen-bond acceptors (Lipinski definition) is 6. The molecule has 0 saturated carbocycles. The highest BCUT2D eigenvalue weighted by molar-refractivity contribution is 8.00. The molecule has 3 amide bonds. The smallest absolute Gasteiger partial charge is 0.407 e. The van der Waals surface area contributed by atoms with Crippen LogP contribution in [0.1, 0.15) is 31.4 Å². The molecule has 0 spiro atoms. The molecule has 10 heteroatoms. The predicted molar refractivity (Wildman–Crippen MR) is 150 cm³/mol. The van der Waals surface area contributed by atoms with Crippen LogP contribution < -0.4 is 10.6 Å². The summed E-state index contributed by atoms with van der Waals surface area (Å²) in [4.78, 5) is 40.6. The summed E-state index contributed by atoms with van der Waals surface area (Å²) in [5.41, 5.74) is 1.75. The van der Waals surface area contributed by atoms with Crippen LogP contribution in [0.5, 0.6) is 0 Å². The lowest BCUT2D eigenvalue weighted by Crippen LogP contribution is -2.58. The molecule has 3 atom stereocenters. The molecule has 1 fully saturated rings. The van der Waals surface area contributed by atoms with Crippen molar-refractivity contribution in [2.45, 2.75) is 56.2 Å². The minimum absolute atomic E-state index is 0.00802. The van der Waals surface area contributed by atoms with E-state index in [-0.39, 0.29) is 31.4 Å². The van der Waals surface area contributed by atoms with E-state index in [1.807, 2.05) is 62.4 Å². The summed E-state index contributed by atoms with van der Waals surface area (Å²) < 4.78 is 4.42. The van der Waals surface area contributed by atoms with Crippen molar-refractivity contribution in [2.24, 2.45) is 0 Å². The lowest BCUT2D eigenvalue weighted by Gasteiger charge is -2.33. The van der Waals surface area contributed by atoms with Crippen molar-refractivity contribution in [3.8, 4) is 0 Å². The monoisotopic (exact) mass is 559 g/mol. The van der Waals surface area contributed by atoms with Crippen LogP contribution in [0.25, 0.3) is 0 Å². The Balaban J connectivity index is 1.74. The van der Waals surface area contributed by atoms with Crippen LogP contribution in [0.4, 0.5) is 4.79 Å². The molecule has 0 unspecified atom stereocenters. The Morgan fingerprint density at radius 2 is 1.89 bits per heavy atom. The van der Waals surface area contributed by atoms with Gasteiger partial charge in [-0.1, -0.05) is 72.8 Å². The van der Waals surface area contributed by atoms with E-state index in [0.717, 1.165) is 11.1 Å². The Morgan fingerprint density at radius 3 is 2.58 bits per heavy atom. The maximum Gasteiger partial charge on any atom is 0.407 e. The highest BCUT2D eigenvalue weighted by atomic mass is 35.5. The summed E-state index contributed by atoms with van der Waals surface area (Å²) >= 11 is 7.67. The molecule has 1 aliphatic rings. The number of alkyl carbamates (subject to hydrolysis) is 1. The van der Waals surface area contributed by atoms with Crippen molar-refractivity contribution >= 4 is 41.3 Å². The number of aryl methyl sites for hydroxylation is 1. The molecule has 8 nitrogen and oxygen atoms in total. The SMILES string of the molecule is C=CCOC(=O)N[C@@H](CCc1ccccc1)[C@H](O)C(=O)N1CSC(C)(C)[C@H]1C(=O)NCc1ccccc1Cl. The number of carbonyl (C=O) groups is 3. The first-order valence-electron chi connectivity index (χ1n) is 12.4. The molecule has 0 radical (unpaired) electrons. The summed E-state index contributed by atoms with van der Waals surface area (Å²) in [7, 11) is 0. The Bertz CT molecular complexity index is 1130. The maximum atomic E-state index is 13.6. The van der Waals surface area contributed by atoms with E-state index in [1.165, 1.54) is 22.7 Å². The Labute approximate surface area is 232 Å². The van der Waals surface area contributed by atoms with Gasteiger partial charge in [0.05, 0.1) is 11.9 Å². The second kappa shape index (κ2) is 13.7. The fourth-order valence-corrected chi connectivity index (χ4v) is 5.62. The first-order valence-corrected chi connectivity index (χ1v) is 13.7. The molecule has 1 saturated heterocycles. The van der Waals surface area contributed by atoms with Crippen LogP contribution in [0, 0.1) is 0 Å². The van der Waals surface area contributed by atoms with Gasteiger partial charge < -0.3 is 25.4 Å². The quantitative estimate of drug-likeness (QED) is 0.360. The second-order valence-corrected chi connectivity index (χ2v) is 11.5. The lowest BCUT2D eigenvalue weighted by atomic mass is 9.97. The van der Waals surface area contributed by atoms with Gasteiger partial charge in [-0.15, -0.1) is 11.8 Å². The predicted octanol–water partition coefficient (Wildman–Crippen LogP) is 3.91. The molecule has 2 aromatic carbocycles. The summed E-state index contributed by atoms with van der Waals surface area (Å²) in [5.74, 6) is -0.762. The van der Waals surface area contributed by atoms with Crippen molar-refractivity contribution in [1.29, 1.82) is 0 Å². The van der Waals surface area contributed by atoms with Crippen LogP contribution >= 0.6 is 23.4 Å². The molecule has 0 aromatic heterocycles. The third-order valence-electron chi connectivity index (χ3n) is 6.34. The molecule has 1 aliphatic heterocycles. The molecule has 3 rings (SSSR count). The number of aliphatic hydroxyl groups is 1. The Kier molecular flexibility index (Phi) is 10.6. The van der Waals surface area contributed by atoms with E-state index in [4.69, 9.17) is 16.3 Å². The molecular formula is C28H34ClN3O5S. The second-order valence-electron chi connectivity index (χ2n) is 9.50. The van der Waals surface area contributed by atoms with Crippen LogP contribution in [0.2, 0.25) is 5.02 Å². The minimum Gasteiger partial charge on any atom is -0.445 e. The van der Waals surface area contributed by atoms with Gasteiger partial charge in [0.25, 0.3) is 5.91 Å². The van der Waals surface area contributed by atoms with Gasteiger partial charge in [-0.3, -0.25) is 9.59 Å². The molecule has 204 valence electrons. The number of hydrogen-bond donors (Lipinski definition) is 3. The normalized spacial score (nSPS) is 17.8. The van der Waals surface area contributed by atoms with Gasteiger partial charge >= 0.3 is 6.09 Å². The van der Waals surface area contributed by atoms with Crippen LogP contribution in [0.3, 0.4) is 0 Å². The molecular weight excluding hydrogens is 526 g/mol. The fraction of sp³-hybridized carbons (Fsp3) is 0.393. The summed E-state index contributed by atoms with van der Waals surface area (Å²) in [6.45, 7) is 7.48. The largest absolute Gasteiger partial charge is 0.445 e. The maximum absolute atomic E-state index is 13.6. The average Bonchev–Trinajstić information content (AvgIpc) is 3.23. The van der Waals surface area contributed by atoms with Crippen molar-refractivity contribution in [2.75, 3.05) is 12.5 Å². The number of thioether (sulfide) groups is 1. The van der Waals surface area contributed by atoms with Crippen molar-refractivity contribution in [3.63, 3.8) is 0 Å². The zero-order valence-electron chi connectivity index (χ0n) is 21.6. The summed E-state index contributed by atoms with van der Waals surface area (Å²) in [6.07, 6.45) is -0.119. The standard InChI is InChI=1S/C28H34ClN3O5S/c1-4-16-37-27(36)31-22(15-14-19-10-6-5-7-11-19)23(33)26(35)32-18-38-28(2,3)24(32)25(34)30-17-20-12-8-9-13-21(20)29/h4-13,22-24,33H,1,14-18H2,2-3H3,(H,30,34)(H,31,36)/t22-,23-,24+/m0/s1. The highest BCUT2D eigenvalue weighted by Crippen LogP contribution is 2.40. The van der Waals surface area contributed by atoms with Crippen molar-refractivity contribution < 1.29 is 24.2 Å². The van der Waals surface area contributed by atoms with Crippen LogP contribution in [0.15, 0.2) is 67.3 Å². The van der Waals surface area contributed by atoms with Crippen molar-refractivity contribution in [3.05, 3.63) is 83.4 Å². The molecule has 38 heavy (non-hydrogen) atoms. The molecule has 3 N–H and O–H groups in total. The topological polar surface area (TPSA) is 108 Å². The number of ether oxygens (including phenoxy) is 1. The average molecular weight is 560 g/mol. The van der Waals surface area contributed by atoms with E-state index in [0.29, 0.717) is 11.4 Å². The van der Waals surface area contributed by atoms with E-state index in [2.05, 4.69) is 17.2 Å². The molecule has 0 bridgehead atoms. The number of benzene rings is 2. The Hall–Kier alpha value is -3.01. The number of nitrogens with one attached hydrogen (secondary N) is 2. The van der Waals surface area contributed by atoms with Gasteiger partial charge in [0.15, 0.2) is 6.10 Å². The number of halogens is 1. The number of nitrogens with zero attached hydrogens (tertiary/aromatic N) is 1. The molecule has 2 aromatic rings. The van der Waals surface area contributed by atoms with E-state index >= 15 is 0 Å². The first kappa shape index (κ1) is 29.5. The minimum atomic E-state index is -1.58. The Morgan fingerprint density at radius 1 is 1.21 bits per heavy atom. The number of carbonyl (C=O) groups excluding carboxylic acids is 3. The van der Waals surface area contributed by atoms with Gasteiger partial charge in [-0.25, -0.2) is 4.79 Å². The number of aliphatic hydroxyl groups excluding tert-OH is 1. The van der Waals surface area contributed by atoms with Gasteiger partial charge in [-0.2, -0.15) is 0 Å².